The molecule has 5 heteroatoms. The van der Waals surface area contributed by atoms with E-state index < -0.39 is 5.97 Å². The number of hydrogen-bond acceptors (Lipinski definition) is 3. The van der Waals surface area contributed by atoms with Crippen molar-refractivity contribution in [3.63, 3.8) is 0 Å². The lowest BCUT2D eigenvalue weighted by atomic mass is 9.91. The van der Waals surface area contributed by atoms with Crippen molar-refractivity contribution in [2.75, 3.05) is 13.1 Å². The maximum Gasteiger partial charge on any atom is 0.303 e. The number of carboxylic acid groups (broad SMARTS) is 1. The first-order valence-corrected chi connectivity index (χ1v) is 5.68. The lowest BCUT2D eigenvalue weighted by Gasteiger charge is -2.18. The normalized spacial score (nSPS) is 14.2. The third-order valence-corrected chi connectivity index (χ3v) is 2.67. The number of nitrogens with two attached hydrogens (primary N) is 1. The summed E-state index contributed by atoms with van der Waals surface area (Å²) in [7, 11) is 0. The zero-order valence-corrected chi connectivity index (χ0v) is 10.0. The van der Waals surface area contributed by atoms with E-state index in [-0.39, 0.29) is 24.8 Å². The van der Waals surface area contributed by atoms with Gasteiger partial charge in [0.2, 0.25) is 5.91 Å². The van der Waals surface area contributed by atoms with E-state index in [4.69, 9.17) is 10.8 Å². The van der Waals surface area contributed by atoms with Gasteiger partial charge in [-0.15, -0.1) is 0 Å². The van der Waals surface area contributed by atoms with Gasteiger partial charge in [0, 0.05) is 13.0 Å². The van der Waals surface area contributed by atoms with Crippen LogP contribution in [0.2, 0.25) is 0 Å². The van der Waals surface area contributed by atoms with E-state index in [0.717, 1.165) is 12.8 Å². The van der Waals surface area contributed by atoms with Crippen LogP contribution in [0, 0.1) is 11.8 Å². The number of carbonyl (C=O) groups is 2. The molecule has 0 unspecified atom stereocenters. The third kappa shape index (κ3) is 7.23. The summed E-state index contributed by atoms with van der Waals surface area (Å²) in [5, 5.41) is 11.4. The molecule has 0 heterocycles. The minimum atomic E-state index is -0.824. The molecule has 0 aliphatic carbocycles. The summed E-state index contributed by atoms with van der Waals surface area (Å²) < 4.78 is 0. The van der Waals surface area contributed by atoms with Crippen molar-refractivity contribution in [3.05, 3.63) is 0 Å². The molecule has 0 aromatic rings. The Morgan fingerprint density at radius 3 is 2.50 bits per heavy atom. The topological polar surface area (TPSA) is 92.4 Å². The Morgan fingerprint density at radius 1 is 1.44 bits per heavy atom. The van der Waals surface area contributed by atoms with Gasteiger partial charge in [-0.05, 0) is 18.3 Å². The molecule has 16 heavy (non-hydrogen) atoms. The van der Waals surface area contributed by atoms with Crippen LogP contribution < -0.4 is 11.1 Å². The van der Waals surface area contributed by atoms with Crippen molar-refractivity contribution >= 4 is 11.9 Å². The molecule has 0 aromatic carbocycles. The maximum atomic E-state index is 11.0. The largest absolute Gasteiger partial charge is 0.481 e. The first-order chi connectivity index (χ1) is 7.49. The SMILES string of the molecule is CC[C@@H](C)C[C@H](CNC(=O)CN)CC(=O)O. The molecule has 0 fully saturated rings. The van der Waals surface area contributed by atoms with Gasteiger partial charge in [0.15, 0.2) is 0 Å². The molecule has 0 saturated carbocycles. The van der Waals surface area contributed by atoms with Crippen molar-refractivity contribution in [3.8, 4) is 0 Å². The van der Waals surface area contributed by atoms with Crippen LogP contribution in [-0.4, -0.2) is 30.1 Å². The molecular weight excluding hydrogens is 208 g/mol. The number of carbonyl (C=O) groups excluding carboxylic acids is 1. The van der Waals surface area contributed by atoms with Crippen LogP contribution in [0.15, 0.2) is 0 Å². The molecule has 94 valence electrons. The van der Waals surface area contributed by atoms with Crippen LogP contribution in [0.3, 0.4) is 0 Å². The highest BCUT2D eigenvalue weighted by Crippen LogP contribution is 2.17. The van der Waals surface area contributed by atoms with Gasteiger partial charge in [-0.25, -0.2) is 0 Å². The minimum Gasteiger partial charge on any atom is -0.481 e. The summed E-state index contributed by atoms with van der Waals surface area (Å²) in [5.41, 5.74) is 5.16. The van der Waals surface area contributed by atoms with Crippen molar-refractivity contribution in [1.29, 1.82) is 0 Å². The van der Waals surface area contributed by atoms with Gasteiger partial charge in [-0.2, -0.15) is 0 Å². The van der Waals surface area contributed by atoms with Gasteiger partial charge in [-0.1, -0.05) is 20.3 Å². The summed E-state index contributed by atoms with van der Waals surface area (Å²) in [4.78, 5) is 21.6. The molecule has 0 aliphatic rings. The second-order valence-electron chi connectivity index (χ2n) is 4.22. The Labute approximate surface area is 96.4 Å². The number of nitrogens with one attached hydrogen (secondary N) is 1. The zero-order chi connectivity index (χ0) is 12.6. The zero-order valence-electron chi connectivity index (χ0n) is 10.0. The van der Waals surface area contributed by atoms with Gasteiger partial charge in [0.1, 0.15) is 0 Å². The first kappa shape index (κ1) is 14.9. The Hall–Kier alpha value is -1.10. The van der Waals surface area contributed by atoms with E-state index in [1.54, 1.807) is 0 Å². The smallest absolute Gasteiger partial charge is 0.303 e. The highest BCUT2D eigenvalue weighted by atomic mass is 16.4. The van der Waals surface area contributed by atoms with E-state index in [2.05, 4.69) is 19.2 Å². The van der Waals surface area contributed by atoms with E-state index in [1.807, 2.05) is 0 Å². The Bertz CT molecular complexity index is 231. The van der Waals surface area contributed by atoms with E-state index in [0.29, 0.717) is 12.5 Å². The molecule has 0 radical (unpaired) electrons. The lowest BCUT2D eigenvalue weighted by Crippen LogP contribution is -2.35. The predicted molar refractivity (Wildman–Crippen MR) is 61.9 cm³/mol. The molecule has 0 saturated heterocycles. The second kappa shape index (κ2) is 8.10. The lowest BCUT2D eigenvalue weighted by molar-refractivity contribution is -0.138. The monoisotopic (exact) mass is 230 g/mol. The highest BCUT2D eigenvalue weighted by molar-refractivity contribution is 5.77. The van der Waals surface area contributed by atoms with Gasteiger partial charge in [0.05, 0.1) is 6.54 Å². The quantitative estimate of drug-likeness (QED) is 0.569. The highest BCUT2D eigenvalue weighted by Gasteiger charge is 2.16. The van der Waals surface area contributed by atoms with E-state index in [9.17, 15) is 9.59 Å². The van der Waals surface area contributed by atoms with Crippen LogP contribution >= 0.6 is 0 Å². The fourth-order valence-electron chi connectivity index (χ4n) is 1.55. The van der Waals surface area contributed by atoms with Gasteiger partial charge >= 0.3 is 5.97 Å². The molecule has 2 atom stereocenters. The number of rotatable bonds is 8. The molecular formula is C11H22N2O3. The van der Waals surface area contributed by atoms with Crippen LogP contribution in [0.25, 0.3) is 0 Å². The molecule has 0 aromatic heterocycles. The van der Waals surface area contributed by atoms with Crippen LogP contribution in [0.1, 0.15) is 33.1 Å². The summed E-state index contributed by atoms with van der Waals surface area (Å²) in [6.07, 6.45) is 1.92. The summed E-state index contributed by atoms with van der Waals surface area (Å²) in [6.45, 7) is 4.50. The molecule has 0 aliphatic heterocycles. The average molecular weight is 230 g/mol. The van der Waals surface area contributed by atoms with E-state index >= 15 is 0 Å². The molecule has 0 rings (SSSR count). The van der Waals surface area contributed by atoms with E-state index in [1.165, 1.54) is 0 Å². The molecule has 1 amide bonds. The van der Waals surface area contributed by atoms with Crippen molar-refractivity contribution in [1.82, 2.24) is 5.32 Å². The third-order valence-electron chi connectivity index (χ3n) is 2.67. The van der Waals surface area contributed by atoms with Crippen molar-refractivity contribution < 1.29 is 14.7 Å². The van der Waals surface area contributed by atoms with Gasteiger partial charge in [0.25, 0.3) is 0 Å². The standard InChI is InChI=1S/C11H22N2O3/c1-3-8(2)4-9(5-11(15)16)7-13-10(14)6-12/h8-9H,3-7,12H2,1-2H3,(H,13,14)(H,15,16)/t8-,9+/m1/s1. The minimum absolute atomic E-state index is 0.0112. The summed E-state index contributed by atoms with van der Waals surface area (Å²) in [5.74, 6) is -0.600. The average Bonchev–Trinajstić information content (AvgIpc) is 2.24. The van der Waals surface area contributed by atoms with Crippen LogP contribution in [0.5, 0.6) is 0 Å². The van der Waals surface area contributed by atoms with Crippen molar-refractivity contribution in [2.45, 2.75) is 33.1 Å². The predicted octanol–water partition coefficient (Wildman–Crippen LogP) is 0.588. The van der Waals surface area contributed by atoms with Crippen molar-refractivity contribution in [2.24, 2.45) is 17.6 Å². The number of hydrogen-bond donors (Lipinski definition) is 3. The molecule has 0 bridgehead atoms. The number of carboxylic acids is 1. The summed E-state index contributed by atoms with van der Waals surface area (Å²) >= 11 is 0. The van der Waals surface area contributed by atoms with Gasteiger partial charge < -0.3 is 16.2 Å². The Morgan fingerprint density at radius 2 is 2.06 bits per heavy atom. The Balaban J connectivity index is 4.09. The second-order valence-corrected chi connectivity index (χ2v) is 4.22. The fourth-order valence-corrected chi connectivity index (χ4v) is 1.55. The van der Waals surface area contributed by atoms with Crippen LogP contribution in [0.4, 0.5) is 0 Å². The molecule has 5 nitrogen and oxygen atoms in total. The molecule has 0 spiro atoms. The van der Waals surface area contributed by atoms with Gasteiger partial charge in [-0.3, -0.25) is 9.59 Å². The molecule has 4 N–H and O–H groups in total. The Kier molecular flexibility index (Phi) is 7.54. The number of amides is 1. The maximum absolute atomic E-state index is 11.0. The van der Waals surface area contributed by atoms with Crippen LogP contribution in [-0.2, 0) is 9.59 Å². The fraction of sp³-hybridized carbons (Fsp3) is 0.818. The number of aliphatic carboxylic acids is 1. The first-order valence-electron chi connectivity index (χ1n) is 5.68. The summed E-state index contributed by atoms with van der Waals surface area (Å²) in [6, 6.07) is 0.